The fourth-order valence-electron chi connectivity index (χ4n) is 3.46. The largest absolute Gasteiger partial charge is 0.356 e. The molecule has 0 radical (unpaired) electrons. The Hall–Kier alpha value is -1.42. The van der Waals surface area contributed by atoms with E-state index in [1.807, 2.05) is 0 Å². The lowest BCUT2D eigenvalue weighted by atomic mass is 10.1. The molecule has 1 atom stereocenters. The van der Waals surface area contributed by atoms with Gasteiger partial charge in [0.2, 0.25) is 0 Å². The molecule has 1 saturated heterocycles. The van der Waals surface area contributed by atoms with Crippen LogP contribution in [0.2, 0.25) is 0 Å². The molecule has 1 aliphatic carbocycles. The predicted octanol–water partition coefficient (Wildman–Crippen LogP) is 4.16. The van der Waals surface area contributed by atoms with Crippen molar-refractivity contribution in [1.29, 1.82) is 0 Å². The Bertz CT molecular complexity index is 663. The van der Waals surface area contributed by atoms with E-state index >= 15 is 0 Å². The normalized spacial score (nSPS) is 20.7. The van der Waals surface area contributed by atoms with Crippen molar-refractivity contribution in [3.8, 4) is 0 Å². The maximum atomic E-state index is 4.75. The van der Waals surface area contributed by atoms with Crippen molar-refractivity contribution in [2.24, 2.45) is 5.92 Å². The molecule has 0 bridgehead atoms. The summed E-state index contributed by atoms with van der Waals surface area (Å²) in [6.45, 7) is 5.44. The number of thioether (sulfide) groups is 1. The van der Waals surface area contributed by atoms with Gasteiger partial charge in [0, 0.05) is 31.0 Å². The van der Waals surface area contributed by atoms with E-state index in [4.69, 9.17) is 5.10 Å². The summed E-state index contributed by atoms with van der Waals surface area (Å²) in [5.74, 6) is 3.73. The standard InChI is InChI=1S/C20H27N3S/c1-16-13-20(22-11-10-19(14-22)24-15-18-7-8-18)23(21-16)12-9-17-5-3-2-4-6-17/h2-6,13,18-19H,7-12,14-15H2,1H3. The highest BCUT2D eigenvalue weighted by Gasteiger charge is 2.28. The Balaban J connectivity index is 1.38. The Kier molecular flexibility index (Phi) is 4.83. The molecule has 4 heteroatoms. The molecule has 1 aromatic heterocycles. The average molecular weight is 342 g/mol. The van der Waals surface area contributed by atoms with Gasteiger partial charge in [-0.2, -0.15) is 16.9 Å². The summed E-state index contributed by atoms with van der Waals surface area (Å²) < 4.78 is 2.22. The second kappa shape index (κ2) is 7.22. The van der Waals surface area contributed by atoms with Crippen molar-refractivity contribution in [2.75, 3.05) is 23.7 Å². The number of benzene rings is 1. The van der Waals surface area contributed by atoms with E-state index in [9.17, 15) is 0 Å². The van der Waals surface area contributed by atoms with Gasteiger partial charge in [0.1, 0.15) is 5.82 Å². The number of aromatic nitrogens is 2. The van der Waals surface area contributed by atoms with Gasteiger partial charge in [0.25, 0.3) is 0 Å². The third-order valence-corrected chi connectivity index (χ3v) is 6.59. The van der Waals surface area contributed by atoms with Crippen LogP contribution in [0.4, 0.5) is 5.82 Å². The first kappa shape index (κ1) is 16.1. The Morgan fingerprint density at radius 2 is 2.00 bits per heavy atom. The van der Waals surface area contributed by atoms with Crippen LogP contribution in [-0.4, -0.2) is 33.9 Å². The van der Waals surface area contributed by atoms with Crippen molar-refractivity contribution in [1.82, 2.24) is 9.78 Å². The lowest BCUT2D eigenvalue weighted by molar-refractivity contribution is 0.603. The van der Waals surface area contributed by atoms with Crippen LogP contribution >= 0.6 is 11.8 Å². The molecule has 1 aliphatic heterocycles. The summed E-state index contributed by atoms with van der Waals surface area (Å²) in [4.78, 5) is 2.55. The number of aryl methyl sites for hydroxylation is 3. The molecule has 1 saturated carbocycles. The summed E-state index contributed by atoms with van der Waals surface area (Å²) in [6, 6.07) is 13.0. The lowest BCUT2D eigenvalue weighted by Gasteiger charge is -2.20. The summed E-state index contributed by atoms with van der Waals surface area (Å²) in [5, 5.41) is 5.56. The fraction of sp³-hybridized carbons (Fsp3) is 0.550. The summed E-state index contributed by atoms with van der Waals surface area (Å²) in [5.41, 5.74) is 2.52. The predicted molar refractivity (Wildman–Crippen MR) is 103 cm³/mol. The van der Waals surface area contributed by atoms with Crippen molar-refractivity contribution >= 4 is 17.6 Å². The monoisotopic (exact) mass is 341 g/mol. The minimum atomic E-state index is 0.809. The van der Waals surface area contributed by atoms with Crippen LogP contribution in [0.1, 0.15) is 30.5 Å². The second-order valence-corrected chi connectivity index (χ2v) is 8.57. The van der Waals surface area contributed by atoms with Gasteiger partial charge in [0.15, 0.2) is 0 Å². The molecule has 24 heavy (non-hydrogen) atoms. The molecular weight excluding hydrogens is 314 g/mol. The zero-order valence-corrected chi connectivity index (χ0v) is 15.3. The lowest BCUT2D eigenvalue weighted by Crippen LogP contribution is -2.24. The third-order valence-electron chi connectivity index (χ3n) is 5.07. The smallest absolute Gasteiger partial charge is 0.127 e. The first-order valence-corrected chi connectivity index (χ1v) is 10.3. The second-order valence-electron chi connectivity index (χ2n) is 7.24. The van der Waals surface area contributed by atoms with Gasteiger partial charge in [-0.15, -0.1) is 0 Å². The van der Waals surface area contributed by atoms with E-state index in [0.29, 0.717) is 0 Å². The molecule has 2 heterocycles. The van der Waals surface area contributed by atoms with Gasteiger partial charge in [0.05, 0.1) is 5.69 Å². The molecule has 4 rings (SSSR count). The van der Waals surface area contributed by atoms with Crippen LogP contribution < -0.4 is 4.90 Å². The molecule has 3 nitrogen and oxygen atoms in total. The highest BCUT2D eigenvalue weighted by molar-refractivity contribution is 7.99. The van der Waals surface area contributed by atoms with E-state index in [2.05, 4.69) is 64.7 Å². The molecule has 1 unspecified atom stereocenters. The minimum Gasteiger partial charge on any atom is -0.356 e. The van der Waals surface area contributed by atoms with Crippen LogP contribution in [0.5, 0.6) is 0 Å². The molecule has 0 N–H and O–H groups in total. The van der Waals surface area contributed by atoms with Crippen LogP contribution in [0.15, 0.2) is 36.4 Å². The molecule has 2 fully saturated rings. The van der Waals surface area contributed by atoms with Gasteiger partial charge < -0.3 is 4.90 Å². The summed E-state index contributed by atoms with van der Waals surface area (Å²) >= 11 is 2.20. The van der Waals surface area contributed by atoms with Crippen LogP contribution in [0.3, 0.4) is 0 Å². The Morgan fingerprint density at radius 3 is 2.79 bits per heavy atom. The molecule has 0 amide bonds. The van der Waals surface area contributed by atoms with Crippen LogP contribution in [0, 0.1) is 12.8 Å². The number of rotatable bonds is 7. The highest BCUT2D eigenvalue weighted by Crippen LogP contribution is 2.36. The molecule has 128 valence electrons. The minimum absolute atomic E-state index is 0.809. The maximum absolute atomic E-state index is 4.75. The zero-order valence-electron chi connectivity index (χ0n) is 14.5. The topological polar surface area (TPSA) is 21.1 Å². The SMILES string of the molecule is Cc1cc(N2CCC(SCC3CC3)C2)n(CCc2ccccc2)n1. The van der Waals surface area contributed by atoms with Gasteiger partial charge in [-0.3, -0.25) is 0 Å². The molecule has 1 aromatic carbocycles. The number of hydrogen-bond acceptors (Lipinski definition) is 3. The van der Waals surface area contributed by atoms with Gasteiger partial charge in [-0.1, -0.05) is 30.3 Å². The van der Waals surface area contributed by atoms with Crippen molar-refractivity contribution in [3.05, 3.63) is 47.7 Å². The summed E-state index contributed by atoms with van der Waals surface area (Å²) in [7, 11) is 0. The van der Waals surface area contributed by atoms with Gasteiger partial charge in [-0.25, -0.2) is 4.68 Å². The van der Waals surface area contributed by atoms with E-state index in [-0.39, 0.29) is 0 Å². The van der Waals surface area contributed by atoms with E-state index in [1.165, 1.54) is 49.5 Å². The highest BCUT2D eigenvalue weighted by atomic mass is 32.2. The van der Waals surface area contributed by atoms with Gasteiger partial charge >= 0.3 is 0 Å². The molecule has 0 spiro atoms. The third kappa shape index (κ3) is 3.97. The van der Waals surface area contributed by atoms with E-state index in [0.717, 1.165) is 29.8 Å². The Labute approximate surface area is 149 Å². The maximum Gasteiger partial charge on any atom is 0.127 e. The number of anilines is 1. The molecule has 2 aliphatic rings. The summed E-state index contributed by atoms with van der Waals surface area (Å²) in [6.07, 6.45) is 5.30. The quantitative estimate of drug-likeness (QED) is 0.755. The molecular formula is C20H27N3S. The first-order valence-electron chi connectivity index (χ1n) is 9.23. The number of nitrogens with zero attached hydrogens (tertiary/aromatic N) is 3. The van der Waals surface area contributed by atoms with Crippen LogP contribution in [0.25, 0.3) is 0 Å². The van der Waals surface area contributed by atoms with Crippen molar-refractivity contribution in [2.45, 2.75) is 44.4 Å². The Morgan fingerprint density at radius 1 is 1.17 bits per heavy atom. The first-order chi connectivity index (χ1) is 11.8. The number of hydrogen-bond donors (Lipinski definition) is 0. The zero-order chi connectivity index (χ0) is 16.4. The molecule has 2 aromatic rings. The van der Waals surface area contributed by atoms with E-state index < -0.39 is 0 Å². The van der Waals surface area contributed by atoms with Crippen LogP contribution in [-0.2, 0) is 13.0 Å². The average Bonchev–Trinajstić information content (AvgIpc) is 3.18. The van der Waals surface area contributed by atoms with Crippen molar-refractivity contribution in [3.63, 3.8) is 0 Å². The van der Waals surface area contributed by atoms with Gasteiger partial charge in [-0.05, 0) is 49.8 Å². The fourth-order valence-corrected chi connectivity index (χ4v) is 4.89. The van der Waals surface area contributed by atoms with Crippen molar-refractivity contribution < 1.29 is 0 Å². The van der Waals surface area contributed by atoms with E-state index in [1.54, 1.807) is 0 Å².